The maximum atomic E-state index is 13.5. The summed E-state index contributed by atoms with van der Waals surface area (Å²) in [6.45, 7) is 0. The van der Waals surface area contributed by atoms with E-state index in [-0.39, 0.29) is 11.3 Å². The topological polar surface area (TPSA) is 111 Å². The predicted molar refractivity (Wildman–Crippen MR) is 189 cm³/mol. The molecule has 0 aliphatic carbocycles. The number of nitrogens with zero attached hydrogens (tertiary/aromatic N) is 1. The van der Waals surface area contributed by atoms with Gasteiger partial charge in [0, 0.05) is 35.1 Å². The average molecular weight is 868 g/mol. The molecule has 0 saturated carbocycles. The Labute approximate surface area is 293 Å². The van der Waals surface area contributed by atoms with Gasteiger partial charge >= 0.3 is 5.97 Å². The van der Waals surface area contributed by atoms with Crippen LogP contribution in [0.2, 0.25) is 5.02 Å². The number of carbonyl (C=O) groups is 2. The molecule has 5 rings (SSSR count). The number of para-hydroxylation sites is 1. The van der Waals surface area contributed by atoms with Crippen molar-refractivity contribution >= 4 is 95.0 Å². The average Bonchev–Trinajstić information content (AvgIpc) is 3.42. The van der Waals surface area contributed by atoms with Gasteiger partial charge in [-0.05, 0) is 74.9 Å². The van der Waals surface area contributed by atoms with Crippen LogP contribution in [-0.4, -0.2) is 44.4 Å². The van der Waals surface area contributed by atoms with Gasteiger partial charge in [-0.15, -0.1) is 0 Å². The number of fused-ring (bicyclic) bond motifs is 1. The number of nitrogens with one attached hydrogen (secondary N) is 2. The van der Waals surface area contributed by atoms with Crippen molar-refractivity contribution in [2.24, 2.45) is 5.10 Å². The molecule has 45 heavy (non-hydrogen) atoms. The molecule has 0 saturated heterocycles. The van der Waals surface area contributed by atoms with E-state index in [0.717, 1.165) is 14.5 Å². The SMILES string of the molecule is COc1cc(C(=O)Oc2c(Br)cc(Br)cc2C=NNC(=O)c2[nH]c3c(I)cccc3c2-c2ccccc2Cl)cc(OC)c1OC. The molecule has 0 fully saturated rings. The molecular weight excluding hydrogens is 845 g/mol. The highest BCUT2D eigenvalue weighted by Crippen LogP contribution is 2.40. The monoisotopic (exact) mass is 865 g/mol. The third-order valence-electron chi connectivity index (χ3n) is 6.66. The van der Waals surface area contributed by atoms with E-state index in [1.54, 1.807) is 18.2 Å². The number of halogens is 4. The Kier molecular flexibility index (Phi) is 10.4. The normalized spacial score (nSPS) is 11.1. The zero-order valence-electron chi connectivity index (χ0n) is 23.8. The Morgan fingerprint density at radius 2 is 1.64 bits per heavy atom. The molecule has 1 aromatic heterocycles. The van der Waals surface area contributed by atoms with Crippen LogP contribution < -0.4 is 24.4 Å². The fourth-order valence-corrected chi connectivity index (χ4v) is 6.85. The number of aromatic nitrogens is 1. The molecule has 2 N–H and O–H groups in total. The minimum absolute atomic E-state index is 0.163. The number of methoxy groups -OCH3 is 3. The molecule has 9 nitrogen and oxygen atoms in total. The molecule has 4 aromatic carbocycles. The summed E-state index contributed by atoms with van der Waals surface area (Å²) in [5, 5.41) is 5.55. The summed E-state index contributed by atoms with van der Waals surface area (Å²) in [5.74, 6) is -0.0672. The van der Waals surface area contributed by atoms with Gasteiger partial charge in [0.1, 0.15) is 5.69 Å². The molecule has 0 bridgehead atoms. The van der Waals surface area contributed by atoms with E-state index in [2.05, 4.69) is 70.0 Å². The molecule has 0 spiro atoms. The van der Waals surface area contributed by atoms with Gasteiger partial charge in [-0.3, -0.25) is 4.79 Å². The van der Waals surface area contributed by atoms with Crippen molar-refractivity contribution < 1.29 is 28.5 Å². The van der Waals surface area contributed by atoms with Gasteiger partial charge in [0.15, 0.2) is 17.2 Å². The van der Waals surface area contributed by atoms with Crippen molar-refractivity contribution in [3.63, 3.8) is 0 Å². The minimum atomic E-state index is -0.687. The third kappa shape index (κ3) is 6.83. The van der Waals surface area contributed by atoms with Gasteiger partial charge in [0.25, 0.3) is 5.91 Å². The van der Waals surface area contributed by atoms with Gasteiger partial charge in [-0.1, -0.05) is 57.9 Å². The van der Waals surface area contributed by atoms with E-state index >= 15 is 0 Å². The quantitative estimate of drug-likeness (QED) is 0.0505. The van der Waals surface area contributed by atoms with Crippen LogP contribution in [0.3, 0.4) is 0 Å². The smallest absolute Gasteiger partial charge is 0.343 e. The Balaban J connectivity index is 1.46. The molecule has 1 heterocycles. The highest BCUT2D eigenvalue weighted by molar-refractivity contribution is 14.1. The summed E-state index contributed by atoms with van der Waals surface area (Å²) in [7, 11) is 4.38. The standard InChI is InChI=1S/C32H23Br2ClIN3O6/c1-42-24-12-16(13-25(43-2)30(24)44-3)32(41)45-29-17(11-18(33)14-21(29)34)15-37-39-31(40)28-26(19-7-4-5-9-22(19)35)20-8-6-10-23(36)27(20)38-28/h4-15,38H,1-3H3,(H,39,40). The fraction of sp³-hybridized carbons (Fsp3) is 0.0938. The molecule has 0 aliphatic rings. The van der Waals surface area contributed by atoms with E-state index in [9.17, 15) is 9.59 Å². The lowest BCUT2D eigenvalue weighted by Gasteiger charge is -2.15. The number of rotatable bonds is 9. The summed E-state index contributed by atoms with van der Waals surface area (Å²) in [6.07, 6.45) is 1.38. The number of hydrazone groups is 1. The van der Waals surface area contributed by atoms with Gasteiger partial charge < -0.3 is 23.9 Å². The third-order valence-corrected chi connectivity index (χ3v) is 8.93. The van der Waals surface area contributed by atoms with E-state index < -0.39 is 11.9 Å². The molecule has 0 unspecified atom stereocenters. The number of H-pyrrole nitrogens is 1. The van der Waals surface area contributed by atoms with Crippen LogP contribution in [0.25, 0.3) is 22.0 Å². The van der Waals surface area contributed by atoms with E-state index in [4.69, 9.17) is 30.5 Å². The Bertz CT molecular complexity index is 1960. The summed E-state index contributed by atoms with van der Waals surface area (Å²) in [6, 6.07) is 19.5. The molecule has 0 atom stereocenters. The number of carbonyl (C=O) groups excluding carboxylic acids is 2. The predicted octanol–water partition coefficient (Wildman–Crippen LogP) is 8.63. The minimum Gasteiger partial charge on any atom is -0.493 e. The molecular formula is C32H23Br2ClIN3O6. The van der Waals surface area contributed by atoms with Crippen LogP contribution in [0.4, 0.5) is 0 Å². The van der Waals surface area contributed by atoms with E-state index in [1.165, 1.54) is 39.7 Å². The van der Waals surface area contributed by atoms with Crippen LogP contribution in [0.5, 0.6) is 23.0 Å². The molecule has 0 aliphatic heterocycles. The highest BCUT2D eigenvalue weighted by Gasteiger charge is 2.23. The summed E-state index contributed by atoms with van der Waals surface area (Å²) < 4.78 is 24.0. The van der Waals surface area contributed by atoms with E-state index in [1.807, 2.05) is 36.4 Å². The number of ether oxygens (including phenoxy) is 4. The Morgan fingerprint density at radius 1 is 0.933 bits per heavy atom. The maximum absolute atomic E-state index is 13.5. The van der Waals surface area contributed by atoms with Crippen LogP contribution >= 0.6 is 66.1 Å². The Morgan fingerprint density at radius 3 is 2.31 bits per heavy atom. The van der Waals surface area contributed by atoms with Gasteiger partial charge in [-0.2, -0.15) is 5.10 Å². The lowest BCUT2D eigenvalue weighted by atomic mass is 10.0. The molecule has 0 radical (unpaired) electrons. The second kappa shape index (κ2) is 14.2. The highest BCUT2D eigenvalue weighted by atomic mass is 127. The van der Waals surface area contributed by atoms with E-state index in [0.29, 0.717) is 53.6 Å². The van der Waals surface area contributed by atoms with Crippen molar-refractivity contribution in [2.45, 2.75) is 0 Å². The first-order chi connectivity index (χ1) is 21.7. The first kappa shape index (κ1) is 32.8. The lowest BCUT2D eigenvalue weighted by molar-refractivity contribution is 0.0732. The fourth-order valence-electron chi connectivity index (χ4n) is 4.65. The van der Waals surface area contributed by atoms with Crippen molar-refractivity contribution in [1.29, 1.82) is 0 Å². The molecule has 230 valence electrons. The van der Waals surface area contributed by atoms with Gasteiger partial charge in [0.05, 0.1) is 43.1 Å². The summed E-state index contributed by atoms with van der Waals surface area (Å²) in [4.78, 5) is 30.1. The van der Waals surface area contributed by atoms with Crippen molar-refractivity contribution in [3.8, 4) is 34.1 Å². The van der Waals surface area contributed by atoms with Gasteiger partial charge in [0.2, 0.25) is 5.75 Å². The van der Waals surface area contributed by atoms with Crippen molar-refractivity contribution in [2.75, 3.05) is 21.3 Å². The van der Waals surface area contributed by atoms with Crippen molar-refractivity contribution in [1.82, 2.24) is 10.4 Å². The maximum Gasteiger partial charge on any atom is 0.343 e. The number of esters is 1. The zero-order valence-corrected chi connectivity index (χ0v) is 29.9. The van der Waals surface area contributed by atoms with Crippen LogP contribution in [0, 0.1) is 3.57 Å². The van der Waals surface area contributed by atoms with Crippen molar-refractivity contribution in [3.05, 3.63) is 101 Å². The first-order valence-corrected chi connectivity index (χ1v) is 16.1. The zero-order chi connectivity index (χ0) is 32.2. The largest absolute Gasteiger partial charge is 0.493 e. The Hall–Kier alpha value is -3.59. The number of hydrogen-bond acceptors (Lipinski definition) is 7. The summed E-state index contributed by atoms with van der Waals surface area (Å²) >= 11 is 15.7. The van der Waals surface area contributed by atoms with Crippen LogP contribution in [-0.2, 0) is 0 Å². The van der Waals surface area contributed by atoms with Crippen LogP contribution in [0.15, 0.2) is 80.8 Å². The first-order valence-electron chi connectivity index (χ1n) is 13.1. The number of hydrogen-bond donors (Lipinski definition) is 2. The molecule has 13 heteroatoms. The molecule has 5 aromatic rings. The summed E-state index contributed by atoms with van der Waals surface area (Å²) in [5.41, 5.74) is 5.61. The number of amides is 1. The van der Waals surface area contributed by atoms with Crippen LogP contribution in [0.1, 0.15) is 26.4 Å². The van der Waals surface area contributed by atoms with Gasteiger partial charge in [-0.25, -0.2) is 10.2 Å². The second-order valence-electron chi connectivity index (χ2n) is 9.33. The number of aromatic amines is 1. The molecule has 1 amide bonds. The second-order valence-corrected chi connectivity index (χ2v) is 12.7. The number of benzene rings is 4. The lowest BCUT2D eigenvalue weighted by Crippen LogP contribution is -2.19.